The van der Waals surface area contributed by atoms with Crippen LogP contribution in [0.25, 0.3) is 0 Å². The van der Waals surface area contributed by atoms with Crippen LogP contribution in [-0.4, -0.2) is 29.1 Å². The van der Waals surface area contributed by atoms with Crippen LogP contribution in [-0.2, 0) is 30.5 Å². The van der Waals surface area contributed by atoms with Crippen LogP contribution < -0.4 is 10.1 Å². The molecule has 5 heteroatoms. The molecule has 3 aromatic carbocycles. The molecule has 0 heterocycles. The van der Waals surface area contributed by atoms with E-state index in [1.54, 1.807) is 12.1 Å². The van der Waals surface area contributed by atoms with Crippen LogP contribution in [0.15, 0.2) is 66.7 Å². The Labute approximate surface area is 194 Å². The van der Waals surface area contributed by atoms with Crippen LogP contribution in [0.2, 0.25) is 0 Å². The lowest BCUT2D eigenvalue weighted by Gasteiger charge is -2.25. The Hall–Kier alpha value is -3.60. The molecule has 1 aliphatic carbocycles. The molecule has 33 heavy (non-hydrogen) atoms. The van der Waals surface area contributed by atoms with E-state index in [1.165, 1.54) is 11.1 Å². The number of carbonyl (C=O) groups is 2. The monoisotopic (exact) mass is 443 g/mol. The minimum Gasteiger partial charge on any atom is -0.493 e. The normalized spacial score (nSPS) is 13.9. The maximum atomic E-state index is 13.1. The van der Waals surface area contributed by atoms with Crippen LogP contribution in [0, 0.1) is 6.92 Å². The Morgan fingerprint density at radius 3 is 2.36 bits per heavy atom. The number of hydrogen-bond donors (Lipinski definition) is 2. The molecular formula is C28H29NO4. The molecule has 0 bridgehead atoms. The van der Waals surface area contributed by atoms with Crippen LogP contribution in [0.1, 0.15) is 45.1 Å². The lowest BCUT2D eigenvalue weighted by atomic mass is 9.95. The number of aliphatic carboxylic acids is 1. The highest BCUT2D eigenvalue weighted by Crippen LogP contribution is 2.31. The van der Waals surface area contributed by atoms with Gasteiger partial charge in [0.15, 0.2) is 0 Å². The molecular weight excluding hydrogens is 414 g/mol. The van der Waals surface area contributed by atoms with Gasteiger partial charge in [0.25, 0.3) is 5.91 Å². The van der Waals surface area contributed by atoms with E-state index < -0.39 is 17.4 Å². The lowest BCUT2D eigenvalue weighted by molar-refractivity contribution is -0.144. The minimum absolute atomic E-state index is 0.275. The van der Waals surface area contributed by atoms with Gasteiger partial charge < -0.3 is 15.2 Å². The van der Waals surface area contributed by atoms with Gasteiger partial charge in [-0.1, -0.05) is 67.1 Å². The lowest BCUT2D eigenvalue weighted by Crippen LogP contribution is -2.55. The van der Waals surface area contributed by atoms with Crippen molar-refractivity contribution in [1.29, 1.82) is 0 Å². The zero-order chi connectivity index (χ0) is 23.4. The maximum Gasteiger partial charge on any atom is 0.330 e. The molecule has 3 aromatic rings. The van der Waals surface area contributed by atoms with Crippen molar-refractivity contribution in [2.45, 2.75) is 45.1 Å². The first-order valence-electron chi connectivity index (χ1n) is 11.3. The zero-order valence-corrected chi connectivity index (χ0v) is 19.1. The number of benzene rings is 3. The molecule has 0 atom stereocenters. The molecule has 0 saturated carbocycles. The van der Waals surface area contributed by atoms with Crippen LogP contribution in [0.3, 0.4) is 0 Å². The molecule has 2 N–H and O–H groups in total. The smallest absolute Gasteiger partial charge is 0.330 e. The van der Waals surface area contributed by atoms with E-state index >= 15 is 0 Å². The van der Waals surface area contributed by atoms with E-state index in [1.807, 2.05) is 43.3 Å². The van der Waals surface area contributed by atoms with Gasteiger partial charge in [0.05, 0.1) is 6.61 Å². The van der Waals surface area contributed by atoms with Crippen molar-refractivity contribution in [2.24, 2.45) is 0 Å². The van der Waals surface area contributed by atoms with Gasteiger partial charge in [0, 0.05) is 24.8 Å². The molecule has 0 fully saturated rings. The third-order valence-corrected chi connectivity index (χ3v) is 6.31. The highest BCUT2D eigenvalue weighted by atomic mass is 16.5. The average molecular weight is 444 g/mol. The quantitative estimate of drug-likeness (QED) is 0.536. The Kier molecular flexibility index (Phi) is 6.50. The number of carbonyl (C=O) groups excluding carboxylic acids is 1. The van der Waals surface area contributed by atoms with Crippen molar-refractivity contribution in [3.05, 3.63) is 100 Å². The molecule has 170 valence electrons. The molecule has 0 aromatic heterocycles. The molecule has 0 radical (unpaired) electrons. The SMILES string of the molecule is CCc1ccc(C(=O)NC2(C(=O)O)Cc3ccccc3C2)cc1OCCc1cccc(C)c1. The summed E-state index contributed by atoms with van der Waals surface area (Å²) in [6.45, 7) is 4.60. The van der Waals surface area contributed by atoms with Gasteiger partial charge in [-0.2, -0.15) is 0 Å². The van der Waals surface area contributed by atoms with E-state index in [0.29, 0.717) is 17.9 Å². The van der Waals surface area contributed by atoms with Gasteiger partial charge in [0.1, 0.15) is 11.3 Å². The summed E-state index contributed by atoms with van der Waals surface area (Å²) in [6, 6.07) is 21.3. The number of fused-ring (bicyclic) bond motifs is 1. The Bertz CT molecular complexity index is 1160. The molecule has 0 aliphatic heterocycles. The number of aryl methyl sites for hydroxylation is 2. The fourth-order valence-corrected chi connectivity index (χ4v) is 4.47. The Morgan fingerprint density at radius 2 is 1.73 bits per heavy atom. The van der Waals surface area contributed by atoms with Crippen molar-refractivity contribution in [3.8, 4) is 5.75 Å². The van der Waals surface area contributed by atoms with Crippen molar-refractivity contribution < 1.29 is 19.4 Å². The van der Waals surface area contributed by atoms with E-state index in [0.717, 1.165) is 29.5 Å². The molecule has 0 spiro atoms. The van der Waals surface area contributed by atoms with Crippen molar-refractivity contribution in [1.82, 2.24) is 5.32 Å². The molecule has 0 saturated heterocycles. The van der Waals surface area contributed by atoms with E-state index in [9.17, 15) is 14.7 Å². The second-order valence-electron chi connectivity index (χ2n) is 8.73. The summed E-state index contributed by atoms with van der Waals surface area (Å²) in [7, 11) is 0. The average Bonchev–Trinajstić information content (AvgIpc) is 3.18. The Balaban J connectivity index is 1.49. The largest absolute Gasteiger partial charge is 0.493 e. The summed E-state index contributed by atoms with van der Waals surface area (Å²) in [5.74, 6) is -0.764. The predicted molar refractivity (Wildman–Crippen MR) is 128 cm³/mol. The summed E-state index contributed by atoms with van der Waals surface area (Å²) in [5.41, 5.74) is 4.40. The number of ether oxygens (including phenoxy) is 1. The number of rotatable bonds is 8. The third kappa shape index (κ3) is 4.92. The summed E-state index contributed by atoms with van der Waals surface area (Å²) < 4.78 is 6.06. The third-order valence-electron chi connectivity index (χ3n) is 6.31. The first kappa shape index (κ1) is 22.6. The molecule has 1 aliphatic rings. The standard InChI is InChI=1S/C28H29NO4/c1-3-21-11-12-22(16-25(21)33-14-13-20-8-6-7-19(2)15-20)26(30)29-28(27(31)32)17-23-9-4-5-10-24(23)18-28/h4-12,15-16H,3,13-14,17-18H2,1-2H3,(H,29,30)(H,31,32). The van der Waals surface area contributed by atoms with Crippen LogP contribution in [0.4, 0.5) is 0 Å². The number of carboxylic acids is 1. The molecule has 1 amide bonds. The first-order chi connectivity index (χ1) is 15.9. The summed E-state index contributed by atoms with van der Waals surface area (Å²) in [4.78, 5) is 25.3. The van der Waals surface area contributed by atoms with Gasteiger partial charge in [-0.15, -0.1) is 0 Å². The first-order valence-corrected chi connectivity index (χ1v) is 11.3. The highest BCUT2D eigenvalue weighted by molar-refractivity contribution is 5.98. The van der Waals surface area contributed by atoms with Gasteiger partial charge in [0.2, 0.25) is 0 Å². The topological polar surface area (TPSA) is 75.6 Å². The van der Waals surface area contributed by atoms with Crippen molar-refractivity contribution in [2.75, 3.05) is 6.61 Å². The maximum absolute atomic E-state index is 13.1. The number of nitrogens with one attached hydrogen (secondary N) is 1. The van der Waals surface area contributed by atoms with Gasteiger partial charge in [-0.05, 0) is 47.7 Å². The van der Waals surface area contributed by atoms with Crippen LogP contribution >= 0.6 is 0 Å². The van der Waals surface area contributed by atoms with Crippen molar-refractivity contribution >= 4 is 11.9 Å². The second-order valence-corrected chi connectivity index (χ2v) is 8.73. The highest BCUT2D eigenvalue weighted by Gasteiger charge is 2.45. The fourth-order valence-electron chi connectivity index (χ4n) is 4.47. The van der Waals surface area contributed by atoms with Gasteiger partial charge >= 0.3 is 5.97 Å². The predicted octanol–water partition coefficient (Wildman–Crippen LogP) is 4.53. The van der Waals surface area contributed by atoms with E-state index in [-0.39, 0.29) is 12.8 Å². The number of amides is 1. The van der Waals surface area contributed by atoms with E-state index in [2.05, 4.69) is 30.4 Å². The molecule has 5 nitrogen and oxygen atoms in total. The fraction of sp³-hybridized carbons (Fsp3) is 0.286. The van der Waals surface area contributed by atoms with Crippen molar-refractivity contribution in [3.63, 3.8) is 0 Å². The minimum atomic E-state index is -1.34. The van der Waals surface area contributed by atoms with Gasteiger partial charge in [-0.25, -0.2) is 4.79 Å². The summed E-state index contributed by atoms with van der Waals surface area (Å²) in [6.07, 6.45) is 2.09. The summed E-state index contributed by atoms with van der Waals surface area (Å²) >= 11 is 0. The van der Waals surface area contributed by atoms with E-state index in [4.69, 9.17) is 4.74 Å². The molecule has 4 rings (SSSR count). The van der Waals surface area contributed by atoms with Crippen LogP contribution in [0.5, 0.6) is 5.75 Å². The van der Waals surface area contributed by atoms with Gasteiger partial charge in [-0.3, -0.25) is 4.79 Å². The number of hydrogen-bond acceptors (Lipinski definition) is 3. The number of carboxylic acid groups (broad SMARTS) is 1. The summed E-state index contributed by atoms with van der Waals surface area (Å²) in [5, 5.41) is 12.8. The molecule has 0 unspecified atom stereocenters. The second kappa shape index (κ2) is 9.49. The Morgan fingerprint density at radius 1 is 1.00 bits per heavy atom. The zero-order valence-electron chi connectivity index (χ0n) is 19.1.